The van der Waals surface area contributed by atoms with Gasteiger partial charge in [-0.2, -0.15) is 0 Å². The van der Waals surface area contributed by atoms with Crippen molar-refractivity contribution in [3.05, 3.63) is 60.2 Å². The molecule has 1 aromatic heterocycles. The van der Waals surface area contributed by atoms with E-state index in [1.54, 1.807) is 0 Å². The Morgan fingerprint density at radius 2 is 1.66 bits per heavy atom. The summed E-state index contributed by atoms with van der Waals surface area (Å²) in [6, 6.07) is 17.2. The molecule has 150 valence electrons. The van der Waals surface area contributed by atoms with E-state index in [9.17, 15) is 9.90 Å². The fraction of sp³-hybridized carbons (Fsp3) is 0.348. The number of carbonyl (C=O) groups is 1. The molecule has 6 nitrogen and oxygen atoms in total. The molecule has 0 unspecified atom stereocenters. The Labute approximate surface area is 170 Å². The Hall–Kier alpha value is -2.99. The zero-order valence-electron chi connectivity index (χ0n) is 16.6. The van der Waals surface area contributed by atoms with Crippen LogP contribution >= 0.6 is 0 Å². The number of amides is 1. The third kappa shape index (κ3) is 4.54. The first-order valence-electron chi connectivity index (χ1n) is 10.3. The summed E-state index contributed by atoms with van der Waals surface area (Å²) in [5.41, 5.74) is 2.19. The predicted octanol–water partition coefficient (Wildman–Crippen LogP) is 3.62. The van der Waals surface area contributed by atoms with Crippen LogP contribution in [0.4, 0.5) is 5.69 Å². The maximum atomic E-state index is 12.2. The highest BCUT2D eigenvalue weighted by atomic mass is 16.3. The summed E-state index contributed by atoms with van der Waals surface area (Å²) in [4.78, 5) is 13.7. The van der Waals surface area contributed by atoms with Gasteiger partial charge in [-0.05, 0) is 37.3 Å². The second-order valence-corrected chi connectivity index (χ2v) is 7.70. The number of carbonyl (C=O) groups excluding carboxylic acids is 1. The molecule has 1 amide bonds. The van der Waals surface area contributed by atoms with Gasteiger partial charge >= 0.3 is 0 Å². The van der Waals surface area contributed by atoms with Crippen molar-refractivity contribution in [3.8, 4) is 5.88 Å². The first-order chi connectivity index (χ1) is 14.2. The van der Waals surface area contributed by atoms with E-state index in [4.69, 9.17) is 0 Å². The largest absolute Gasteiger partial charge is 0.493 e. The van der Waals surface area contributed by atoms with Gasteiger partial charge in [-0.1, -0.05) is 48.5 Å². The molecule has 2 aromatic carbocycles. The van der Waals surface area contributed by atoms with Gasteiger partial charge in [0.15, 0.2) is 12.4 Å². The quantitative estimate of drug-likeness (QED) is 0.652. The molecule has 2 N–H and O–H groups in total. The molecule has 6 heteroatoms. The monoisotopic (exact) mass is 391 g/mol. The van der Waals surface area contributed by atoms with Crippen molar-refractivity contribution in [2.45, 2.75) is 38.8 Å². The highest BCUT2D eigenvalue weighted by molar-refractivity contribution is 5.95. The number of benzene rings is 2. The van der Waals surface area contributed by atoms with E-state index < -0.39 is 0 Å². The van der Waals surface area contributed by atoms with Crippen LogP contribution in [0, 0.1) is 0 Å². The van der Waals surface area contributed by atoms with Gasteiger partial charge in [0.1, 0.15) is 0 Å². The van der Waals surface area contributed by atoms with E-state index in [1.165, 1.54) is 30.6 Å². The summed E-state index contributed by atoms with van der Waals surface area (Å²) >= 11 is 0. The number of likely N-dealkylation sites (tertiary alicyclic amines) is 1. The average Bonchev–Trinajstić information content (AvgIpc) is 2.90. The maximum Gasteiger partial charge on any atom is 0.269 e. The van der Waals surface area contributed by atoms with Gasteiger partial charge in [0.25, 0.3) is 5.91 Å². The maximum absolute atomic E-state index is 12.2. The van der Waals surface area contributed by atoms with Gasteiger partial charge in [0.05, 0.1) is 25.0 Å². The highest BCUT2D eigenvalue weighted by Crippen LogP contribution is 2.38. The molecule has 0 aliphatic carbocycles. The highest BCUT2D eigenvalue weighted by Gasteiger charge is 2.21. The minimum Gasteiger partial charge on any atom is -0.493 e. The predicted molar refractivity (Wildman–Crippen MR) is 112 cm³/mol. The van der Waals surface area contributed by atoms with E-state index in [2.05, 4.69) is 10.2 Å². The number of nitrogens with one attached hydrogen (secondary N) is 1. The van der Waals surface area contributed by atoms with E-state index in [0.29, 0.717) is 12.4 Å². The molecule has 1 saturated heterocycles. The number of nitrogens with zero attached hydrogens (tertiary/aromatic N) is 3. The zero-order chi connectivity index (χ0) is 20.1. The van der Waals surface area contributed by atoms with Gasteiger partial charge in [-0.3, -0.25) is 9.36 Å². The minimum absolute atomic E-state index is 0.0826. The number of hydrogen-bond donors (Lipinski definition) is 2. The number of para-hydroxylation sites is 1. The number of azo groups is 1. The first kappa shape index (κ1) is 19.3. The lowest BCUT2D eigenvalue weighted by Crippen LogP contribution is -3.11. The minimum atomic E-state index is -0.328. The van der Waals surface area contributed by atoms with Crippen LogP contribution in [0.3, 0.4) is 0 Å². The molecule has 3 aromatic rings. The number of aromatic hydroxyl groups is 1. The fourth-order valence-corrected chi connectivity index (χ4v) is 4.05. The van der Waals surface area contributed by atoms with Gasteiger partial charge in [0, 0.05) is 5.39 Å². The Morgan fingerprint density at radius 1 is 0.966 bits per heavy atom. The summed E-state index contributed by atoms with van der Waals surface area (Å²) in [6.07, 6.45) is 5.20. The van der Waals surface area contributed by atoms with Gasteiger partial charge in [-0.15, -0.1) is 10.2 Å². The lowest BCUT2D eigenvalue weighted by Gasteiger charge is -2.18. The Balaban J connectivity index is 1.59. The van der Waals surface area contributed by atoms with Gasteiger partial charge in [-0.25, -0.2) is 0 Å². The molecular formula is C23H27N4O2+. The van der Waals surface area contributed by atoms with Gasteiger partial charge in [0.2, 0.25) is 5.88 Å². The lowest BCUT2D eigenvalue weighted by atomic mass is 10.1. The van der Waals surface area contributed by atoms with Crippen molar-refractivity contribution in [1.29, 1.82) is 0 Å². The number of rotatable bonds is 5. The van der Waals surface area contributed by atoms with Crippen molar-refractivity contribution in [2.24, 2.45) is 10.2 Å². The molecule has 2 heterocycles. The molecule has 0 bridgehead atoms. The third-order valence-electron chi connectivity index (χ3n) is 5.57. The van der Waals surface area contributed by atoms with Crippen LogP contribution in [0.25, 0.3) is 10.9 Å². The van der Waals surface area contributed by atoms with Crippen molar-refractivity contribution in [2.75, 3.05) is 13.1 Å². The van der Waals surface area contributed by atoms with Crippen molar-refractivity contribution < 1.29 is 14.8 Å². The van der Waals surface area contributed by atoms with Crippen LogP contribution in [0.5, 0.6) is 5.88 Å². The van der Waals surface area contributed by atoms with Crippen LogP contribution < -0.4 is 4.90 Å². The zero-order valence-corrected chi connectivity index (χ0v) is 16.6. The number of quaternary nitrogens is 1. The Morgan fingerprint density at radius 3 is 2.41 bits per heavy atom. The van der Waals surface area contributed by atoms with Crippen LogP contribution in [0.1, 0.15) is 31.2 Å². The van der Waals surface area contributed by atoms with E-state index >= 15 is 0 Å². The molecular weight excluding hydrogens is 364 g/mol. The molecule has 0 saturated carbocycles. The van der Waals surface area contributed by atoms with Crippen LogP contribution in [-0.2, 0) is 17.9 Å². The summed E-state index contributed by atoms with van der Waals surface area (Å²) in [6.45, 7) is 2.91. The second-order valence-electron chi connectivity index (χ2n) is 7.70. The SMILES string of the molecule is O=C(Cc1ccccc1)N=Nc1c(O)n(C[NH+]2CCCCCC2)c2ccccc12. The number of aromatic nitrogens is 1. The number of hydrogen-bond acceptors (Lipinski definition) is 3. The van der Waals surface area contributed by atoms with E-state index in [0.717, 1.165) is 29.6 Å². The molecule has 0 spiro atoms. The summed E-state index contributed by atoms with van der Waals surface area (Å²) < 4.78 is 1.91. The molecule has 4 rings (SSSR count). The Kier molecular flexibility index (Phi) is 6.00. The molecule has 29 heavy (non-hydrogen) atoms. The summed E-state index contributed by atoms with van der Waals surface area (Å²) in [7, 11) is 0. The van der Waals surface area contributed by atoms with Crippen LogP contribution in [0.2, 0.25) is 0 Å². The number of fused-ring (bicyclic) bond motifs is 1. The topological polar surface area (TPSA) is 71.4 Å². The molecule has 0 atom stereocenters. The van der Waals surface area contributed by atoms with Crippen molar-refractivity contribution in [3.63, 3.8) is 0 Å². The first-order valence-corrected chi connectivity index (χ1v) is 10.3. The van der Waals surface area contributed by atoms with Gasteiger partial charge < -0.3 is 10.0 Å². The lowest BCUT2D eigenvalue weighted by molar-refractivity contribution is -0.921. The molecule has 1 aliphatic heterocycles. The smallest absolute Gasteiger partial charge is 0.269 e. The molecule has 1 aliphatic rings. The van der Waals surface area contributed by atoms with Crippen LogP contribution in [0.15, 0.2) is 64.8 Å². The summed E-state index contributed by atoms with van der Waals surface area (Å²) in [5, 5.41) is 19.8. The van der Waals surface area contributed by atoms with E-state index in [-0.39, 0.29) is 18.2 Å². The molecule has 1 fully saturated rings. The van der Waals surface area contributed by atoms with Crippen LogP contribution in [-0.4, -0.2) is 28.7 Å². The molecule has 0 radical (unpaired) electrons. The van der Waals surface area contributed by atoms with E-state index in [1.807, 2.05) is 59.2 Å². The van der Waals surface area contributed by atoms with Crippen molar-refractivity contribution in [1.82, 2.24) is 4.57 Å². The van der Waals surface area contributed by atoms with Crippen molar-refractivity contribution >= 4 is 22.5 Å². The fourth-order valence-electron chi connectivity index (χ4n) is 4.05. The Bertz CT molecular complexity index is 1000. The second kappa shape index (κ2) is 9.01. The standard InChI is InChI=1S/C23H26N4O2/c28-21(16-18-10-4-3-5-11-18)24-25-22-19-12-6-7-13-20(19)27(23(22)29)17-26-14-8-1-2-9-15-26/h3-7,10-13,29H,1-2,8-9,14-17H2/p+1. The average molecular weight is 391 g/mol. The summed E-state index contributed by atoms with van der Waals surface area (Å²) in [5.74, 6) is -0.246. The normalized spacial score (nSPS) is 15.7. The third-order valence-corrected chi connectivity index (χ3v) is 5.57.